The summed E-state index contributed by atoms with van der Waals surface area (Å²) < 4.78 is 27.2. The van der Waals surface area contributed by atoms with Crippen LogP contribution in [-0.4, -0.2) is 45.7 Å². The number of nitrogens with zero attached hydrogens (tertiary/aromatic N) is 2. The largest absolute Gasteiger partial charge is 0.497 e. The van der Waals surface area contributed by atoms with Crippen molar-refractivity contribution in [1.29, 1.82) is 0 Å². The van der Waals surface area contributed by atoms with Crippen molar-refractivity contribution >= 4 is 11.4 Å². The number of hydrogen-bond acceptors (Lipinski definition) is 8. The molecular formula is C27H28N4O6. The molecule has 0 radical (unpaired) electrons. The van der Waals surface area contributed by atoms with E-state index in [-0.39, 0.29) is 5.69 Å². The molecular weight excluding hydrogens is 476 g/mol. The van der Waals surface area contributed by atoms with Gasteiger partial charge in [0.2, 0.25) is 5.75 Å². The van der Waals surface area contributed by atoms with Gasteiger partial charge in [-0.15, -0.1) is 5.11 Å². The smallest absolute Gasteiger partial charge is 0.292 e. The fourth-order valence-electron chi connectivity index (χ4n) is 3.98. The first-order chi connectivity index (χ1) is 17.9. The minimum atomic E-state index is -0.416. The Kier molecular flexibility index (Phi) is 7.47. The van der Waals surface area contributed by atoms with Gasteiger partial charge in [0, 0.05) is 5.56 Å². The SMILES string of the molecule is COc1ccc(OC)c(-c2[nH][nH]c(=O)c2N=Nc2ccc(C)c(-c3cc(OC)c(OC)c(OC)c3)c2)c1. The Morgan fingerprint density at radius 1 is 0.676 bits per heavy atom. The zero-order valence-corrected chi connectivity index (χ0v) is 21.5. The second-order valence-corrected chi connectivity index (χ2v) is 7.98. The molecule has 0 fully saturated rings. The molecule has 2 N–H and O–H groups in total. The fraction of sp³-hybridized carbons (Fsp3) is 0.222. The van der Waals surface area contributed by atoms with E-state index in [9.17, 15) is 4.79 Å². The third kappa shape index (κ3) is 4.99. The summed E-state index contributed by atoms with van der Waals surface area (Å²) in [6.07, 6.45) is 0. The van der Waals surface area contributed by atoms with Crippen molar-refractivity contribution in [3.63, 3.8) is 0 Å². The lowest BCUT2D eigenvalue weighted by Crippen LogP contribution is -1.97. The highest BCUT2D eigenvalue weighted by Gasteiger charge is 2.18. The molecule has 0 unspecified atom stereocenters. The molecule has 4 aromatic rings. The van der Waals surface area contributed by atoms with Gasteiger partial charge < -0.3 is 23.7 Å². The van der Waals surface area contributed by atoms with Crippen LogP contribution in [0.25, 0.3) is 22.4 Å². The Labute approximate surface area is 213 Å². The number of nitrogens with one attached hydrogen (secondary N) is 2. The minimum Gasteiger partial charge on any atom is -0.497 e. The van der Waals surface area contributed by atoms with Gasteiger partial charge in [0.25, 0.3) is 5.56 Å². The van der Waals surface area contributed by atoms with E-state index in [1.165, 1.54) is 0 Å². The number of aromatic amines is 2. The molecule has 0 bridgehead atoms. The first-order valence-electron chi connectivity index (χ1n) is 11.3. The van der Waals surface area contributed by atoms with E-state index in [1.807, 2.05) is 37.3 Å². The highest BCUT2D eigenvalue weighted by molar-refractivity contribution is 5.78. The van der Waals surface area contributed by atoms with Crippen molar-refractivity contribution in [2.45, 2.75) is 6.92 Å². The summed E-state index contributed by atoms with van der Waals surface area (Å²) in [6.45, 7) is 1.99. The van der Waals surface area contributed by atoms with Crippen molar-refractivity contribution < 1.29 is 23.7 Å². The van der Waals surface area contributed by atoms with Gasteiger partial charge in [0.1, 0.15) is 11.5 Å². The first kappa shape index (κ1) is 25.4. The molecule has 10 nitrogen and oxygen atoms in total. The number of methoxy groups -OCH3 is 5. The highest BCUT2D eigenvalue weighted by atomic mass is 16.5. The topological polar surface area (TPSA) is 120 Å². The molecule has 0 aliphatic carbocycles. The van der Waals surface area contributed by atoms with Crippen LogP contribution in [0.2, 0.25) is 0 Å². The second-order valence-electron chi connectivity index (χ2n) is 7.98. The molecule has 0 spiro atoms. The number of ether oxygens (including phenoxy) is 5. The van der Waals surface area contributed by atoms with E-state index in [0.29, 0.717) is 45.7 Å². The average Bonchev–Trinajstić information content (AvgIpc) is 3.30. The quantitative estimate of drug-likeness (QED) is 0.278. The number of aryl methyl sites for hydroxylation is 1. The van der Waals surface area contributed by atoms with E-state index in [4.69, 9.17) is 23.7 Å². The zero-order chi connectivity index (χ0) is 26.5. The van der Waals surface area contributed by atoms with Crippen molar-refractivity contribution in [2.75, 3.05) is 35.5 Å². The Morgan fingerprint density at radius 2 is 1.38 bits per heavy atom. The van der Waals surface area contributed by atoms with Gasteiger partial charge in [-0.25, -0.2) is 0 Å². The molecule has 0 saturated carbocycles. The summed E-state index contributed by atoms with van der Waals surface area (Å²) in [5.74, 6) is 2.74. The lowest BCUT2D eigenvalue weighted by atomic mass is 9.99. The summed E-state index contributed by atoms with van der Waals surface area (Å²) >= 11 is 0. The molecule has 192 valence electrons. The number of aromatic nitrogens is 2. The number of benzene rings is 3. The maximum absolute atomic E-state index is 12.6. The van der Waals surface area contributed by atoms with Crippen LogP contribution in [-0.2, 0) is 0 Å². The lowest BCUT2D eigenvalue weighted by molar-refractivity contribution is 0.324. The molecule has 0 atom stereocenters. The van der Waals surface area contributed by atoms with Crippen LogP contribution in [0.15, 0.2) is 63.6 Å². The summed E-state index contributed by atoms with van der Waals surface area (Å²) in [5.41, 5.74) is 4.05. The van der Waals surface area contributed by atoms with Crippen LogP contribution in [0.1, 0.15) is 5.56 Å². The van der Waals surface area contributed by atoms with Crippen molar-refractivity contribution in [3.05, 3.63) is 64.4 Å². The molecule has 0 aliphatic heterocycles. The maximum Gasteiger partial charge on any atom is 0.292 e. The summed E-state index contributed by atoms with van der Waals surface area (Å²) in [6, 6.07) is 14.7. The molecule has 37 heavy (non-hydrogen) atoms. The van der Waals surface area contributed by atoms with Crippen LogP contribution >= 0.6 is 0 Å². The van der Waals surface area contributed by atoms with Gasteiger partial charge in [0.05, 0.1) is 46.9 Å². The Hall–Kier alpha value is -4.73. The van der Waals surface area contributed by atoms with Gasteiger partial charge >= 0.3 is 0 Å². The normalized spacial score (nSPS) is 11.0. The minimum absolute atomic E-state index is 0.112. The predicted molar refractivity (Wildman–Crippen MR) is 140 cm³/mol. The number of H-pyrrole nitrogens is 2. The van der Waals surface area contributed by atoms with Crippen molar-refractivity contribution in [1.82, 2.24) is 10.2 Å². The average molecular weight is 505 g/mol. The molecule has 0 aliphatic rings. The van der Waals surface area contributed by atoms with Crippen LogP contribution in [0.5, 0.6) is 28.7 Å². The number of azo groups is 1. The monoisotopic (exact) mass is 504 g/mol. The lowest BCUT2D eigenvalue weighted by Gasteiger charge is -2.15. The zero-order valence-electron chi connectivity index (χ0n) is 21.5. The highest BCUT2D eigenvalue weighted by Crippen LogP contribution is 2.42. The maximum atomic E-state index is 12.6. The van der Waals surface area contributed by atoms with Gasteiger partial charge in [-0.2, -0.15) is 5.11 Å². The van der Waals surface area contributed by atoms with Gasteiger partial charge in [-0.3, -0.25) is 15.0 Å². The van der Waals surface area contributed by atoms with E-state index >= 15 is 0 Å². The molecule has 1 aromatic heterocycles. The van der Waals surface area contributed by atoms with Gasteiger partial charge in [-0.1, -0.05) is 6.07 Å². The Balaban J connectivity index is 1.76. The Morgan fingerprint density at radius 3 is 2.00 bits per heavy atom. The second kappa shape index (κ2) is 10.9. The van der Waals surface area contributed by atoms with Gasteiger partial charge in [0.15, 0.2) is 17.2 Å². The molecule has 0 amide bonds. The van der Waals surface area contributed by atoms with Crippen molar-refractivity contribution in [3.8, 4) is 51.1 Å². The number of hydrogen-bond donors (Lipinski definition) is 2. The summed E-state index contributed by atoms with van der Waals surface area (Å²) in [7, 11) is 7.82. The third-order valence-corrected chi connectivity index (χ3v) is 5.89. The van der Waals surface area contributed by atoms with Crippen LogP contribution in [0.4, 0.5) is 11.4 Å². The van der Waals surface area contributed by atoms with Crippen LogP contribution < -0.4 is 29.2 Å². The molecule has 10 heteroatoms. The van der Waals surface area contributed by atoms with Crippen LogP contribution in [0, 0.1) is 6.92 Å². The van der Waals surface area contributed by atoms with Crippen molar-refractivity contribution in [2.24, 2.45) is 10.2 Å². The Bertz CT molecular complexity index is 1480. The molecule has 1 heterocycles. The van der Waals surface area contributed by atoms with E-state index in [2.05, 4.69) is 20.4 Å². The number of rotatable bonds is 9. The molecule has 0 saturated heterocycles. The standard InChI is InChI=1S/C27H28N4O6/c1-15-7-8-17(13-19(15)16-11-22(35-4)26(37-6)23(12-16)36-5)28-30-25-24(29-31-27(25)32)20-14-18(33-2)9-10-21(20)34-3/h7-14H,1-6H3,(H2,29,31,32). The summed E-state index contributed by atoms with van der Waals surface area (Å²) in [5, 5.41) is 14.1. The van der Waals surface area contributed by atoms with E-state index < -0.39 is 5.56 Å². The fourth-order valence-corrected chi connectivity index (χ4v) is 3.98. The van der Waals surface area contributed by atoms with Gasteiger partial charge in [-0.05, 0) is 66.1 Å². The van der Waals surface area contributed by atoms with E-state index in [1.54, 1.807) is 53.7 Å². The third-order valence-electron chi connectivity index (χ3n) is 5.89. The van der Waals surface area contributed by atoms with E-state index in [0.717, 1.165) is 16.7 Å². The molecule has 3 aromatic carbocycles. The predicted octanol–water partition coefficient (Wildman–Crippen LogP) is 5.80. The van der Waals surface area contributed by atoms with Crippen LogP contribution in [0.3, 0.4) is 0 Å². The molecule has 4 rings (SSSR count). The first-order valence-corrected chi connectivity index (χ1v) is 11.3. The summed E-state index contributed by atoms with van der Waals surface area (Å²) in [4.78, 5) is 12.6.